The molecule has 4 rings (SSSR count). The summed E-state index contributed by atoms with van der Waals surface area (Å²) in [6, 6.07) is 8.22. The molecule has 1 aliphatic heterocycles. The molecule has 3 aromatic heterocycles. The lowest BCUT2D eigenvalue weighted by Gasteiger charge is -2.33. The van der Waals surface area contributed by atoms with Crippen molar-refractivity contribution in [2.75, 3.05) is 30.4 Å². The van der Waals surface area contributed by atoms with Crippen molar-refractivity contribution in [3.8, 4) is 0 Å². The van der Waals surface area contributed by atoms with Crippen LogP contribution in [-0.4, -0.2) is 39.5 Å². The summed E-state index contributed by atoms with van der Waals surface area (Å²) in [6.45, 7) is 6.26. The predicted molar refractivity (Wildman–Crippen MR) is 105 cm³/mol. The van der Waals surface area contributed by atoms with Crippen LogP contribution in [0.5, 0.6) is 0 Å². The van der Waals surface area contributed by atoms with Crippen LogP contribution in [-0.2, 0) is 0 Å². The van der Waals surface area contributed by atoms with E-state index in [2.05, 4.69) is 62.8 Å². The number of hydrogen-bond acceptors (Lipinski definition) is 5. The molecule has 1 atom stereocenters. The van der Waals surface area contributed by atoms with Crippen LogP contribution in [0.2, 0.25) is 0 Å². The molecule has 3 aromatic rings. The van der Waals surface area contributed by atoms with Gasteiger partial charge in [-0.05, 0) is 25.0 Å². The first-order valence-corrected chi connectivity index (χ1v) is 9.39. The number of hydrogen-bond donors (Lipinski definition) is 1. The van der Waals surface area contributed by atoms with E-state index in [-0.39, 0.29) is 0 Å². The third-order valence-corrected chi connectivity index (χ3v) is 5.11. The average Bonchev–Trinajstić information content (AvgIpc) is 3.12. The molecule has 0 aromatic carbocycles. The Morgan fingerprint density at radius 1 is 1.23 bits per heavy atom. The molecule has 26 heavy (non-hydrogen) atoms. The number of nitrogens with one attached hydrogen (secondary N) is 1. The first-order chi connectivity index (χ1) is 12.7. The van der Waals surface area contributed by atoms with Crippen LogP contribution in [0.1, 0.15) is 50.0 Å². The lowest BCUT2D eigenvalue weighted by atomic mass is 9.95. The standard InChI is InChI=1S/C20H26N6/c1-14(2)20-23-17(21-3)11-19(24-20)25-9-6-7-15(13-25)16-12-22-18-8-4-5-10-26(16)18/h4-5,8,10-12,14-15H,6-7,9,13H2,1-3H3,(H,21,23,24)/t15-/m1/s1. The molecule has 1 fully saturated rings. The molecule has 0 amide bonds. The molecule has 0 bridgehead atoms. The molecule has 0 aliphatic carbocycles. The second-order valence-corrected chi connectivity index (χ2v) is 7.27. The molecular formula is C20H26N6. The summed E-state index contributed by atoms with van der Waals surface area (Å²) < 4.78 is 2.21. The molecule has 1 aliphatic rings. The van der Waals surface area contributed by atoms with Crippen molar-refractivity contribution in [1.82, 2.24) is 19.4 Å². The molecule has 0 radical (unpaired) electrons. The Morgan fingerprint density at radius 3 is 2.92 bits per heavy atom. The Kier molecular flexibility index (Phi) is 4.49. The summed E-state index contributed by atoms with van der Waals surface area (Å²) in [7, 11) is 1.91. The Labute approximate surface area is 154 Å². The molecular weight excluding hydrogens is 324 g/mol. The zero-order chi connectivity index (χ0) is 18.1. The summed E-state index contributed by atoms with van der Waals surface area (Å²) >= 11 is 0. The van der Waals surface area contributed by atoms with Gasteiger partial charge in [0.25, 0.3) is 0 Å². The summed E-state index contributed by atoms with van der Waals surface area (Å²) in [5.74, 6) is 3.56. The van der Waals surface area contributed by atoms with Gasteiger partial charge < -0.3 is 14.6 Å². The van der Waals surface area contributed by atoms with Gasteiger partial charge in [-0.25, -0.2) is 15.0 Å². The van der Waals surface area contributed by atoms with Crippen LogP contribution in [0.15, 0.2) is 36.7 Å². The van der Waals surface area contributed by atoms with Crippen molar-refractivity contribution in [1.29, 1.82) is 0 Å². The van der Waals surface area contributed by atoms with E-state index in [9.17, 15) is 0 Å². The Bertz CT molecular complexity index is 900. The number of imidazole rings is 1. The van der Waals surface area contributed by atoms with Gasteiger partial charge in [-0.2, -0.15) is 0 Å². The molecule has 0 unspecified atom stereocenters. The fourth-order valence-electron chi connectivity index (χ4n) is 3.68. The lowest BCUT2D eigenvalue weighted by Crippen LogP contribution is -2.35. The van der Waals surface area contributed by atoms with Gasteiger partial charge in [0.15, 0.2) is 0 Å². The van der Waals surface area contributed by atoms with Crippen LogP contribution < -0.4 is 10.2 Å². The fraction of sp³-hybridized carbons (Fsp3) is 0.450. The third kappa shape index (κ3) is 3.11. The highest BCUT2D eigenvalue weighted by Gasteiger charge is 2.25. The number of rotatable bonds is 4. The molecule has 4 heterocycles. The maximum Gasteiger partial charge on any atom is 0.136 e. The third-order valence-electron chi connectivity index (χ3n) is 5.11. The van der Waals surface area contributed by atoms with Gasteiger partial charge >= 0.3 is 0 Å². The summed E-state index contributed by atoms with van der Waals surface area (Å²) in [4.78, 5) is 16.4. The number of anilines is 2. The largest absolute Gasteiger partial charge is 0.373 e. The SMILES string of the molecule is CNc1cc(N2CCC[C@@H](c3cnc4ccccn34)C2)nc(C(C)C)n1. The van der Waals surface area contributed by atoms with E-state index in [1.54, 1.807) is 0 Å². The van der Waals surface area contributed by atoms with Gasteiger partial charge in [0, 0.05) is 56.1 Å². The molecule has 0 saturated carbocycles. The van der Waals surface area contributed by atoms with Crippen molar-refractivity contribution in [3.63, 3.8) is 0 Å². The van der Waals surface area contributed by atoms with E-state index in [0.29, 0.717) is 11.8 Å². The summed E-state index contributed by atoms with van der Waals surface area (Å²) in [5, 5.41) is 3.17. The highest BCUT2D eigenvalue weighted by Crippen LogP contribution is 2.31. The van der Waals surface area contributed by atoms with Crippen molar-refractivity contribution >= 4 is 17.3 Å². The van der Waals surface area contributed by atoms with E-state index in [4.69, 9.17) is 4.98 Å². The van der Waals surface area contributed by atoms with E-state index < -0.39 is 0 Å². The van der Waals surface area contributed by atoms with Gasteiger partial charge in [-0.15, -0.1) is 0 Å². The Balaban J connectivity index is 1.64. The second-order valence-electron chi connectivity index (χ2n) is 7.27. The fourth-order valence-corrected chi connectivity index (χ4v) is 3.68. The lowest BCUT2D eigenvalue weighted by molar-refractivity contribution is 0.495. The smallest absolute Gasteiger partial charge is 0.136 e. The van der Waals surface area contributed by atoms with Crippen molar-refractivity contribution in [3.05, 3.63) is 48.2 Å². The van der Waals surface area contributed by atoms with E-state index in [0.717, 1.165) is 42.6 Å². The minimum absolute atomic E-state index is 0.307. The van der Waals surface area contributed by atoms with Crippen LogP contribution in [0.3, 0.4) is 0 Å². The minimum Gasteiger partial charge on any atom is -0.373 e. The first-order valence-electron chi connectivity index (χ1n) is 9.39. The average molecular weight is 350 g/mol. The molecule has 0 spiro atoms. The van der Waals surface area contributed by atoms with Crippen LogP contribution >= 0.6 is 0 Å². The molecule has 6 heteroatoms. The molecule has 1 N–H and O–H groups in total. The van der Waals surface area contributed by atoms with E-state index >= 15 is 0 Å². The zero-order valence-corrected chi connectivity index (χ0v) is 15.7. The molecule has 136 valence electrons. The van der Waals surface area contributed by atoms with Crippen LogP contribution in [0.4, 0.5) is 11.6 Å². The quantitative estimate of drug-likeness (QED) is 0.778. The predicted octanol–water partition coefficient (Wildman–Crippen LogP) is 3.67. The highest BCUT2D eigenvalue weighted by molar-refractivity contribution is 5.50. The van der Waals surface area contributed by atoms with Gasteiger partial charge in [0.05, 0.1) is 0 Å². The Hall–Kier alpha value is -2.63. The number of pyridine rings is 1. The number of piperidine rings is 1. The molecule has 6 nitrogen and oxygen atoms in total. The number of nitrogens with zero attached hydrogens (tertiary/aromatic N) is 5. The maximum atomic E-state index is 4.84. The zero-order valence-electron chi connectivity index (χ0n) is 15.7. The maximum absolute atomic E-state index is 4.84. The highest BCUT2D eigenvalue weighted by atomic mass is 15.2. The van der Waals surface area contributed by atoms with Gasteiger partial charge in [-0.1, -0.05) is 19.9 Å². The summed E-state index contributed by atoms with van der Waals surface area (Å²) in [5.41, 5.74) is 2.30. The van der Waals surface area contributed by atoms with Crippen molar-refractivity contribution in [2.24, 2.45) is 0 Å². The van der Waals surface area contributed by atoms with E-state index in [1.807, 2.05) is 19.3 Å². The first kappa shape index (κ1) is 16.8. The number of aromatic nitrogens is 4. The van der Waals surface area contributed by atoms with E-state index in [1.165, 1.54) is 12.1 Å². The van der Waals surface area contributed by atoms with Crippen molar-refractivity contribution < 1.29 is 0 Å². The Morgan fingerprint density at radius 2 is 2.12 bits per heavy atom. The minimum atomic E-state index is 0.307. The van der Waals surface area contributed by atoms with Gasteiger partial charge in [0.2, 0.25) is 0 Å². The van der Waals surface area contributed by atoms with Crippen LogP contribution in [0.25, 0.3) is 5.65 Å². The summed E-state index contributed by atoms with van der Waals surface area (Å²) in [6.07, 6.45) is 6.47. The number of fused-ring (bicyclic) bond motifs is 1. The van der Waals surface area contributed by atoms with Crippen molar-refractivity contribution in [2.45, 2.75) is 38.5 Å². The monoisotopic (exact) mass is 350 g/mol. The van der Waals surface area contributed by atoms with Crippen LogP contribution in [0, 0.1) is 0 Å². The topological polar surface area (TPSA) is 58.4 Å². The normalized spacial score (nSPS) is 17.8. The van der Waals surface area contributed by atoms with Gasteiger partial charge in [-0.3, -0.25) is 0 Å². The van der Waals surface area contributed by atoms with Gasteiger partial charge in [0.1, 0.15) is 23.1 Å². The second kappa shape index (κ2) is 6.94. The molecule has 1 saturated heterocycles.